The third-order valence-electron chi connectivity index (χ3n) is 17.2. The summed E-state index contributed by atoms with van der Waals surface area (Å²) < 4.78 is 60.8. The molecule has 0 saturated carbocycles. The first kappa shape index (κ1) is 63.2. The summed E-state index contributed by atoms with van der Waals surface area (Å²) in [7, 11) is -0.556. The highest BCUT2D eigenvalue weighted by Gasteiger charge is 2.52. The van der Waals surface area contributed by atoms with Gasteiger partial charge in [0.05, 0.1) is 37.6 Å². The number of nitrogens with zero attached hydrogens (tertiary/aromatic N) is 8. The van der Waals surface area contributed by atoms with E-state index in [-0.39, 0.29) is 24.4 Å². The smallest absolute Gasteiger partial charge is 0.399 e. The van der Waals surface area contributed by atoms with Crippen LogP contribution in [0.5, 0.6) is 0 Å². The van der Waals surface area contributed by atoms with Crippen molar-refractivity contribution in [2.24, 2.45) is 11.8 Å². The number of pyridine rings is 2. The number of alkyl halides is 3. The Kier molecular flexibility index (Phi) is 19.9. The Morgan fingerprint density at radius 3 is 1.60 bits per heavy atom. The maximum absolute atomic E-state index is 12.9. The number of halogens is 4. The maximum Gasteiger partial charge on any atom is 0.495 e. The van der Waals surface area contributed by atoms with Crippen LogP contribution in [0.15, 0.2) is 60.7 Å². The molecule has 460 valence electrons. The number of nitrogens with one attached hydrogen (secondary N) is 2. The SMILES string of the molecule is CC[C@@H]1CCN(C(=O)Nc2ccc(C)c(-c3cc(N4CCOCC4)nc(N4CCC(O)C4=O)c3)c2)C1.Cc1ccc(NC(=O)N2CC[C@@H](CC(F)(F)F)C2)cc1B1OC(C)(C)C(C)(C)O1.O=C1C(O)CCN1c1cc(Cl)cc(N2CCOCC2)n1. The van der Waals surface area contributed by atoms with Crippen LogP contribution in [-0.2, 0) is 28.4 Å². The lowest BCUT2D eigenvalue weighted by molar-refractivity contribution is -0.143. The second-order valence-corrected chi connectivity index (χ2v) is 24.3. The van der Waals surface area contributed by atoms with Crippen molar-refractivity contribution >= 4 is 82.7 Å². The van der Waals surface area contributed by atoms with E-state index in [0.29, 0.717) is 93.6 Å². The number of carbonyl (C=O) groups excluding carboxylic acids is 4. The van der Waals surface area contributed by atoms with Crippen LogP contribution in [0, 0.1) is 25.7 Å². The second-order valence-electron chi connectivity index (χ2n) is 23.8. The van der Waals surface area contributed by atoms with Crippen molar-refractivity contribution in [2.75, 3.05) is 122 Å². The summed E-state index contributed by atoms with van der Waals surface area (Å²) in [5.74, 6) is 1.95. The van der Waals surface area contributed by atoms with Gasteiger partial charge in [0, 0.05) is 101 Å². The number of urea groups is 2. The molecule has 2 unspecified atom stereocenters. The first-order valence-electron chi connectivity index (χ1n) is 29.4. The molecule has 0 radical (unpaired) electrons. The normalized spacial score (nSPS) is 23.0. The summed E-state index contributed by atoms with van der Waals surface area (Å²) >= 11 is 6.13. The number of amides is 6. The Hall–Kier alpha value is -6.28. The van der Waals surface area contributed by atoms with Gasteiger partial charge in [-0.15, -0.1) is 0 Å². The number of anilines is 6. The molecule has 2 aromatic carbocycles. The zero-order chi connectivity index (χ0) is 61.0. The number of aliphatic hydroxyl groups is 2. The van der Waals surface area contributed by atoms with Gasteiger partial charge in [0.1, 0.15) is 35.5 Å². The summed E-state index contributed by atoms with van der Waals surface area (Å²) in [5, 5.41) is 26.0. The number of ether oxygens (including phenoxy) is 2. The van der Waals surface area contributed by atoms with E-state index in [2.05, 4.69) is 32.3 Å². The lowest BCUT2D eigenvalue weighted by Crippen LogP contribution is -2.41. The molecule has 7 saturated heterocycles. The lowest BCUT2D eigenvalue weighted by Gasteiger charge is -2.32. The lowest BCUT2D eigenvalue weighted by atomic mass is 9.76. The first-order chi connectivity index (χ1) is 40.3. The van der Waals surface area contributed by atoms with Gasteiger partial charge in [-0.25, -0.2) is 19.6 Å². The van der Waals surface area contributed by atoms with Gasteiger partial charge in [-0.1, -0.05) is 42.6 Å². The predicted molar refractivity (Wildman–Crippen MR) is 321 cm³/mol. The number of aromatic nitrogens is 2. The van der Waals surface area contributed by atoms with Gasteiger partial charge in [0.15, 0.2) is 0 Å². The number of aliphatic hydroxyl groups excluding tert-OH is 2. The van der Waals surface area contributed by atoms with E-state index in [9.17, 15) is 42.6 Å². The summed E-state index contributed by atoms with van der Waals surface area (Å²) in [5.41, 5.74) is 5.05. The third kappa shape index (κ3) is 15.5. The van der Waals surface area contributed by atoms with Crippen LogP contribution in [0.4, 0.5) is 57.4 Å². The van der Waals surface area contributed by atoms with Crippen molar-refractivity contribution in [2.45, 2.75) is 117 Å². The Bertz CT molecular complexity index is 3040. The summed E-state index contributed by atoms with van der Waals surface area (Å²) in [4.78, 5) is 69.8. The Balaban J connectivity index is 0.000000159. The molecule has 11 rings (SSSR count). The van der Waals surface area contributed by atoms with Crippen molar-refractivity contribution < 1.29 is 61.3 Å². The van der Waals surface area contributed by atoms with E-state index in [1.165, 1.54) is 9.80 Å². The molecule has 6 amide bonds. The van der Waals surface area contributed by atoms with Gasteiger partial charge in [0.2, 0.25) is 0 Å². The number of rotatable bonds is 10. The molecule has 0 bridgehead atoms. The summed E-state index contributed by atoms with van der Waals surface area (Å²) in [6, 6.07) is 18.3. The molecule has 25 heteroatoms. The minimum absolute atomic E-state index is 0.0678. The Morgan fingerprint density at radius 1 is 0.647 bits per heavy atom. The number of carbonyl (C=O) groups is 4. The van der Waals surface area contributed by atoms with Crippen LogP contribution in [0.3, 0.4) is 0 Å². The Labute approximate surface area is 500 Å². The van der Waals surface area contributed by atoms with Crippen LogP contribution in [-0.4, -0.2) is 182 Å². The van der Waals surface area contributed by atoms with Crippen molar-refractivity contribution in [3.63, 3.8) is 0 Å². The van der Waals surface area contributed by atoms with Crippen molar-refractivity contribution in [3.05, 3.63) is 76.8 Å². The van der Waals surface area contributed by atoms with E-state index in [4.69, 9.17) is 35.4 Å². The highest BCUT2D eigenvalue weighted by molar-refractivity contribution is 6.62. The van der Waals surface area contributed by atoms with Crippen LogP contribution in [0.25, 0.3) is 11.1 Å². The van der Waals surface area contributed by atoms with Gasteiger partial charge in [-0.3, -0.25) is 19.4 Å². The molecule has 2 aromatic heterocycles. The van der Waals surface area contributed by atoms with Gasteiger partial charge in [-0.2, -0.15) is 13.2 Å². The van der Waals surface area contributed by atoms with Crippen LogP contribution in [0.2, 0.25) is 5.02 Å². The highest BCUT2D eigenvalue weighted by Crippen LogP contribution is 2.38. The first-order valence-corrected chi connectivity index (χ1v) is 29.8. The monoisotopic (exact) mass is 1200 g/mol. The summed E-state index contributed by atoms with van der Waals surface area (Å²) in [6.45, 7) is 22.5. The average molecular weight is 1200 g/mol. The fraction of sp³-hybridized carbons (Fsp3) is 0.567. The number of hydrogen-bond acceptors (Lipinski definition) is 14. The van der Waals surface area contributed by atoms with Gasteiger partial charge < -0.3 is 59.2 Å². The second kappa shape index (κ2) is 26.8. The highest BCUT2D eigenvalue weighted by atomic mass is 35.5. The molecule has 0 aliphatic carbocycles. The van der Waals surface area contributed by atoms with Gasteiger partial charge >= 0.3 is 25.4 Å². The van der Waals surface area contributed by atoms with Crippen LogP contribution in [0.1, 0.15) is 84.3 Å². The average Bonchev–Trinajstić information content (AvgIpc) is 2.77. The number of hydrogen-bond donors (Lipinski definition) is 4. The predicted octanol–water partition coefficient (Wildman–Crippen LogP) is 8.02. The Morgan fingerprint density at radius 2 is 1.11 bits per heavy atom. The fourth-order valence-corrected chi connectivity index (χ4v) is 11.5. The minimum atomic E-state index is -4.20. The molecule has 7 fully saturated rings. The molecular formula is C60H79BClF3N10O10. The van der Waals surface area contributed by atoms with E-state index in [1.807, 2.05) is 82.8 Å². The van der Waals surface area contributed by atoms with Crippen LogP contribution >= 0.6 is 11.6 Å². The maximum atomic E-state index is 12.9. The molecule has 20 nitrogen and oxygen atoms in total. The summed E-state index contributed by atoms with van der Waals surface area (Å²) in [6.07, 6.45) is -3.64. The molecule has 9 heterocycles. The van der Waals surface area contributed by atoms with Crippen molar-refractivity contribution in [3.8, 4) is 11.1 Å². The van der Waals surface area contributed by atoms with E-state index < -0.39 is 55.1 Å². The zero-order valence-corrected chi connectivity index (χ0v) is 50.3. The molecular weight excluding hydrogens is 1120 g/mol. The topological polar surface area (TPSA) is 215 Å². The molecule has 7 aliphatic heterocycles. The molecule has 4 atom stereocenters. The van der Waals surface area contributed by atoms with E-state index in [1.54, 1.807) is 29.2 Å². The van der Waals surface area contributed by atoms with E-state index >= 15 is 0 Å². The number of aryl methyl sites for hydroxylation is 2. The zero-order valence-electron chi connectivity index (χ0n) is 49.6. The third-order valence-corrected chi connectivity index (χ3v) is 17.4. The number of morpholine rings is 2. The fourth-order valence-electron chi connectivity index (χ4n) is 11.3. The van der Waals surface area contributed by atoms with Crippen LogP contribution < -0.4 is 35.7 Å². The molecule has 4 N–H and O–H groups in total. The largest absolute Gasteiger partial charge is 0.495 e. The van der Waals surface area contributed by atoms with E-state index in [0.717, 1.165) is 97.1 Å². The van der Waals surface area contributed by atoms with Crippen molar-refractivity contribution in [1.82, 2.24) is 19.8 Å². The molecule has 85 heavy (non-hydrogen) atoms. The minimum Gasteiger partial charge on any atom is -0.399 e. The molecule has 7 aliphatic rings. The van der Waals surface area contributed by atoms with Gasteiger partial charge in [-0.05, 0) is 137 Å². The quantitative estimate of drug-likeness (QED) is 0.111. The molecule has 0 spiro atoms. The number of likely N-dealkylation sites (tertiary alicyclic amines) is 2. The standard InChI is InChI=1S/C27H35N5O4.C20H28BF3N2O3.C13H16ClN3O3/c1-3-19-6-8-31(17-19)27(35)28-21-5-4-18(2)22(16-21)20-14-24(30-10-12-36-13-11-30)29-25(15-20)32-9-7-23(33)26(32)34;1-13-6-7-15(10-16(13)21-28-18(2,3)19(4,5)29-21)25-17(27)26-9-8-14(12-26)11-20(22,23)24;14-9-7-11(16-3-5-20-6-4-16)15-12(8-9)17-2-1-10(18)13(17)19/h4-5,14-16,19,23,33H,3,6-13,17H2,1-2H3,(H,28,35);6-7,10,14H,8-9,11-12H2,1-5H3,(H,25,27);7-8,10,18H,1-6H2/t19-,23?;14-;/m10./s1. The van der Waals surface area contributed by atoms with Crippen molar-refractivity contribution in [1.29, 1.82) is 0 Å². The van der Waals surface area contributed by atoms with Gasteiger partial charge in [0.25, 0.3) is 11.8 Å². The molecule has 4 aromatic rings. The number of benzene rings is 2.